The van der Waals surface area contributed by atoms with E-state index in [4.69, 9.17) is 0 Å². The minimum Gasteiger partial charge on any atom is -0.313 e. The van der Waals surface area contributed by atoms with E-state index in [1.165, 1.54) is 11.3 Å². The van der Waals surface area contributed by atoms with Gasteiger partial charge < -0.3 is 5.32 Å². The molecule has 2 N–H and O–H groups in total. The summed E-state index contributed by atoms with van der Waals surface area (Å²) in [4.78, 5) is 4.00. The van der Waals surface area contributed by atoms with Crippen LogP contribution in [-0.4, -0.2) is 31.7 Å². The van der Waals surface area contributed by atoms with Gasteiger partial charge in [-0.25, -0.2) is 18.1 Å². The Morgan fingerprint density at radius 2 is 2.25 bits per heavy atom. The molecule has 1 heterocycles. The fourth-order valence-electron chi connectivity index (χ4n) is 1.07. The van der Waals surface area contributed by atoms with E-state index >= 15 is 0 Å². The minimum absolute atomic E-state index is 0.0938. The summed E-state index contributed by atoms with van der Waals surface area (Å²) in [6.45, 7) is 4.71. The summed E-state index contributed by atoms with van der Waals surface area (Å²) >= 11 is 1.44. The Morgan fingerprint density at radius 1 is 1.50 bits per heavy atom. The minimum atomic E-state index is -3.20. The fourth-order valence-corrected chi connectivity index (χ4v) is 2.60. The van der Waals surface area contributed by atoms with Gasteiger partial charge >= 0.3 is 0 Å². The van der Waals surface area contributed by atoms with Crippen molar-refractivity contribution >= 4 is 21.4 Å². The summed E-state index contributed by atoms with van der Waals surface area (Å²) in [5, 5.41) is 5.66. The Morgan fingerprint density at radius 3 is 2.81 bits per heavy atom. The van der Waals surface area contributed by atoms with Gasteiger partial charge in [-0.05, 0) is 0 Å². The largest absolute Gasteiger partial charge is 0.313 e. The molecule has 0 aliphatic heterocycles. The van der Waals surface area contributed by atoms with Crippen LogP contribution in [0.25, 0.3) is 0 Å². The fraction of sp³-hybridized carbons (Fsp3) is 0.667. The second kappa shape index (κ2) is 6.29. The quantitative estimate of drug-likeness (QED) is 0.754. The highest BCUT2D eigenvalue weighted by molar-refractivity contribution is 7.89. The van der Waals surface area contributed by atoms with Gasteiger partial charge in [-0.2, -0.15) is 0 Å². The first-order valence-corrected chi connectivity index (χ1v) is 7.62. The molecule has 1 aromatic heterocycles. The van der Waals surface area contributed by atoms with E-state index in [1.807, 2.05) is 19.2 Å². The number of nitrogens with zero attached hydrogens (tertiary/aromatic N) is 1. The first kappa shape index (κ1) is 13.6. The lowest BCUT2D eigenvalue weighted by Crippen LogP contribution is -2.34. The maximum atomic E-state index is 11.5. The van der Waals surface area contributed by atoms with Crippen molar-refractivity contribution < 1.29 is 8.42 Å². The topological polar surface area (TPSA) is 71.1 Å². The lowest BCUT2D eigenvalue weighted by molar-refractivity contribution is 0.566. The zero-order chi connectivity index (χ0) is 12.0. The second-order valence-corrected chi connectivity index (χ2v) is 6.58. The van der Waals surface area contributed by atoms with Gasteiger partial charge in [0, 0.05) is 24.2 Å². The average molecular weight is 263 g/mol. The van der Waals surface area contributed by atoms with E-state index in [0.29, 0.717) is 12.6 Å². The predicted molar refractivity (Wildman–Crippen MR) is 65.9 cm³/mol. The highest BCUT2D eigenvalue weighted by Crippen LogP contribution is 2.03. The van der Waals surface area contributed by atoms with Crippen molar-refractivity contribution in [3.05, 3.63) is 16.6 Å². The van der Waals surface area contributed by atoms with Gasteiger partial charge in [0.05, 0.1) is 12.3 Å². The summed E-state index contributed by atoms with van der Waals surface area (Å²) in [6.07, 6.45) is 1.66. The number of nitrogens with one attached hydrogen (secondary N) is 2. The third-order valence-electron chi connectivity index (χ3n) is 1.85. The van der Waals surface area contributed by atoms with Crippen LogP contribution in [0.4, 0.5) is 0 Å². The molecule has 0 spiro atoms. The number of hydrogen-bond acceptors (Lipinski definition) is 5. The molecule has 1 rings (SSSR count). The molecule has 0 aliphatic carbocycles. The third-order valence-corrected chi connectivity index (χ3v) is 3.96. The van der Waals surface area contributed by atoms with Crippen LogP contribution in [-0.2, 0) is 16.6 Å². The molecule has 0 atom stereocenters. The van der Waals surface area contributed by atoms with E-state index in [9.17, 15) is 8.42 Å². The molecule has 0 fully saturated rings. The predicted octanol–water partition coefficient (Wildman–Crippen LogP) is 0.560. The molecule has 0 aromatic carbocycles. The molecule has 1 aromatic rings. The standard InChI is InChI=1S/C9H17N3O2S2/c1-8(2)10-4-6-16(13,14)12-7-9-11-3-5-15-9/h3,5,8,10,12H,4,6-7H2,1-2H3. The lowest BCUT2D eigenvalue weighted by Gasteiger charge is -2.08. The SMILES string of the molecule is CC(C)NCCS(=O)(=O)NCc1nccs1. The molecule has 7 heteroatoms. The third kappa shape index (κ3) is 5.55. The van der Waals surface area contributed by atoms with E-state index < -0.39 is 10.0 Å². The molecule has 0 radical (unpaired) electrons. The van der Waals surface area contributed by atoms with Crippen LogP contribution in [0.5, 0.6) is 0 Å². The Balaban J connectivity index is 2.29. The summed E-state index contributed by atoms with van der Waals surface area (Å²) in [7, 11) is -3.20. The Kier molecular flexibility index (Phi) is 5.33. The number of hydrogen-bond donors (Lipinski definition) is 2. The Labute approximate surface area is 100 Å². The van der Waals surface area contributed by atoms with Crippen molar-refractivity contribution in [2.75, 3.05) is 12.3 Å². The van der Waals surface area contributed by atoms with Crippen molar-refractivity contribution in [3.63, 3.8) is 0 Å². The van der Waals surface area contributed by atoms with Gasteiger partial charge in [0.15, 0.2) is 0 Å². The van der Waals surface area contributed by atoms with E-state index in [2.05, 4.69) is 15.0 Å². The molecular formula is C9H17N3O2S2. The van der Waals surface area contributed by atoms with Crippen LogP contribution in [0.3, 0.4) is 0 Å². The van der Waals surface area contributed by atoms with Crippen molar-refractivity contribution in [1.29, 1.82) is 0 Å². The normalized spacial score (nSPS) is 12.2. The summed E-state index contributed by atoms with van der Waals surface area (Å²) in [5.41, 5.74) is 0. The van der Waals surface area contributed by atoms with Crippen LogP contribution in [0.15, 0.2) is 11.6 Å². The maximum Gasteiger partial charge on any atom is 0.213 e. The Bertz CT molecular complexity index is 387. The molecule has 16 heavy (non-hydrogen) atoms. The zero-order valence-electron chi connectivity index (χ0n) is 9.43. The molecule has 92 valence electrons. The first-order chi connectivity index (χ1) is 7.49. The van der Waals surface area contributed by atoms with E-state index in [-0.39, 0.29) is 12.3 Å². The highest BCUT2D eigenvalue weighted by Gasteiger charge is 2.10. The summed E-state index contributed by atoms with van der Waals surface area (Å²) < 4.78 is 25.6. The van der Waals surface area contributed by atoms with Crippen molar-refractivity contribution in [1.82, 2.24) is 15.0 Å². The maximum absolute atomic E-state index is 11.5. The van der Waals surface area contributed by atoms with Gasteiger partial charge in [-0.3, -0.25) is 0 Å². The highest BCUT2D eigenvalue weighted by atomic mass is 32.2. The van der Waals surface area contributed by atoms with Gasteiger partial charge in [0.25, 0.3) is 0 Å². The molecule has 0 amide bonds. The smallest absolute Gasteiger partial charge is 0.213 e. The molecule has 0 saturated heterocycles. The van der Waals surface area contributed by atoms with Gasteiger partial charge in [0.1, 0.15) is 5.01 Å². The van der Waals surface area contributed by atoms with Gasteiger partial charge in [0.2, 0.25) is 10.0 Å². The average Bonchev–Trinajstić information content (AvgIpc) is 2.66. The number of sulfonamides is 1. The summed E-state index contributed by atoms with van der Waals surface area (Å²) in [5.74, 6) is 0.0938. The van der Waals surface area contributed by atoms with Gasteiger partial charge in [-0.15, -0.1) is 11.3 Å². The van der Waals surface area contributed by atoms with Crippen molar-refractivity contribution in [2.24, 2.45) is 0 Å². The molecule has 5 nitrogen and oxygen atoms in total. The zero-order valence-corrected chi connectivity index (χ0v) is 11.1. The Hall–Kier alpha value is -0.500. The summed E-state index contributed by atoms with van der Waals surface area (Å²) in [6, 6.07) is 0.300. The first-order valence-electron chi connectivity index (χ1n) is 5.09. The van der Waals surface area contributed by atoms with Gasteiger partial charge in [-0.1, -0.05) is 13.8 Å². The molecule has 0 bridgehead atoms. The number of aromatic nitrogens is 1. The van der Waals surface area contributed by atoms with Crippen LogP contribution < -0.4 is 10.0 Å². The second-order valence-electron chi connectivity index (χ2n) is 3.67. The lowest BCUT2D eigenvalue weighted by atomic mass is 10.4. The molecule has 0 aliphatic rings. The molecule has 0 saturated carbocycles. The van der Waals surface area contributed by atoms with Crippen LogP contribution in [0, 0.1) is 0 Å². The van der Waals surface area contributed by atoms with Crippen LogP contribution >= 0.6 is 11.3 Å². The number of thiazole rings is 1. The molecule has 0 unspecified atom stereocenters. The number of rotatable bonds is 7. The van der Waals surface area contributed by atoms with E-state index in [1.54, 1.807) is 6.20 Å². The molecular weight excluding hydrogens is 246 g/mol. The van der Waals surface area contributed by atoms with Crippen molar-refractivity contribution in [2.45, 2.75) is 26.4 Å². The monoisotopic (exact) mass is 263 g/mol. The van der Waals surface area contributed by atoms with Crippen LogP contribution in [0.1, 0.15) is 18.9 Å². The van der Waals surface area contributed by atoms with Crippen LogP contribution in [0.2, 0.25) is 0 Å². The van der Waals surface area contributed by atoms with Crippen molar-refractivity contribution in [3.8, 4) is 0 Å². The van der Waals surface area contributed by atoms with E-state index in [0.717, 1.165) is 5.01 Å².